The highest BCUT2D eigenvalue weighted by Gasteiger charge is 2.16. The van der Waals surface area contributed by atoms with Gasteiger partial charge < -0.3 is 5.11 Å². The summed E-state index contributed by atoms with van der Waals surface area (Å²) >= 11 is 0. The van der Waals surface area contributed by atoms with Gasteiger partial charge in [0.15, 0.2) is 23.1 Å². The fourth-order valence-corrected chi connectivity index (χ4v) is 1.50. The van der Waals surface area contributed by atoms with Crippen LogP contribution in [0.15, 0.2) is 18.2 Å². The molecule has 1 heterocycles. The minimum absolute atomic E-state index is 0.0867. The molecule has 0 bridgehead atoms. The molecule has 0 saturated carbocycles. The lowest BCUT2D eigenvalue weighted by atomic mass is 10.3. The lowest BCUT2D eigenvalue weighted by Crippen LogP contribution is -2.04. The Hall–Kier alpha value is -2.31. The summed E-state index contributed by atoms with van der Waals surface area (Å²) in [5.41, 5.74) is 0.00634. The largest absolute Gasteiger partial charge is 0.476 e. The van der Waals surface area contributed by atoms with E-state index >= 15 is 0 Å². The molecular formula is C11H7F3N2O2. The van der Waals surface area contributed by atoms with Crippen molar-refractivity contribution in [3.05, 3.63) is 47.0 Å². The van der Waals surface area contributed by atoms with Crippen molar-refractivity contribution in [3.63, 3.8) is 0 Å². The van der Waals surface area contributed by atoms with E-state index in [0.717, 1.165) is 16.8 Å². The van der Waals surface area contributed by atoms with E-state index in [2.05, 4.69) is 5.10 Å². The number of aromatic carboxylic acids is 1. The second kappa shape index (κ2) is 4.17. The zero-order valence-electron chi connectivity index (χ0n) is 9.12. The Kier molecular flexibility index (Phi) is 2.82. The maximum atomic E-state index is 13.1. The average molecular weight is 256 g/mol. The van der Waals surface area contributed by atoms with Crippen LogP contribution in [0.25, 0.3) is 5.69 Å². The van der Waals surface area contributed by atoms with Gasteiger partial charge in [0, 0.05) is 17.8 Å². The third kappa shape index (κ3) is 1.94. The number of halogens is 3. The van der Waals surface area contributed by atoms with Gasteiger partial charge in [-0.15, -0.1) is 0 Å². The number of carboxylic acids is 1. The molecule has 0 spiro atoms. The summed E-state index contributed by atoms with van der Waals surface area (Å²) in [6, 6.07) is 2.72. The van der Waals surface area contributed by atoms with Crippen LogP contribution in [0.4, 0.5) is 13.2 Å². The molecule has 0 aliphatic rings. The number of aryl methyl sites for hydroxylation is 1. The summed E-state index contributed by atoms with van der Waals surface area (Å²) in [5.74, 6) is -5.57. The van der Waals surface area contributed by atoms with Gasteiger partial charge in [0.05, 0.1) is 5.69 Å². The van der Waals surface area contributed by atoms with Crippen LogP contribution in [-0.4, -0.2) is 20.9 Å². The summed E-state index contributed by atoms with van der Waals surface area (Å²) < 4.78 is 39.9. The first-order valence-electron chi connectivity index (χ1n) is 4.85. The minimum atomic E-state index is -1.58. The van der Waals surface area contributed by atoms with Crippen molar-refractivity contribution in [2.24, 2.45) is 0 Å². The van der Waals surface area contributed by atoms with Crippen molar-refractivity contribution in [2.45, 2.75) is 6.92 Å². The van der Waals surface area contributed by atoms with Crippen LogP contribution in [0.2, 0.25) is 0 Å². The smallest absolute Gasteiger partial charge is 0.356 e. The number of nitrogens with zero attached hydrogens (tertiary/aromatic N) is 2. The van der Waals surface area contributed by atoms with E-state index in [4.69, 9.17) is 5.11 Å². The Balaban J connectivity index is 2.58. The van der Waals surface area contributed by atoms with Crippen LogP contribution < -0.4 is 0 Å². The van der Waals surface area contributed by atoms with E-state index in [1.165, 1.54) is 13.0 Å². The summed E-state index contributed by atoms with van der Waals surface area (Å²) in [5, 5.41) is 12.4. The van der Waals surface area contributed by atoms with Crippen molar-refractivity contribution in [1.82, 2.24) is 9.78 Å². The molecule has 0 amide bonds. The second-order valence-electron chi connectivity index (χ2n) is 3.61. The molecule has 0 aliphatic carbocycles. The first-order chi connectivity index (χ1) is 8.40. The Labute approximate surface area is 99.3 Å². The SMILES string of the molecule is Cc1cc(C(=O)O)nn1-c1cc(F)c(F)c(F)c1. The van der Waals surface area contributed by atoms with Crippen LogP contribution in [0.5, 0.6) is 0 Å². The summed E-state index contributed by atoms with van der Waals surface area (Å²) in [4.78, 5) is 10.7. The Morgan fingerprint density at radius 2 is 1.78 bits per heavy atom. The van der Waals surface area contributed by atoms with Gasteiger partial charge in [-0.2, -0.15) is 5.10 Å². The minimum Gasteiger partial charge on any atom is -0.476 e. The molecule has 0 atom stereocenters. The topological polar surface area (TPSA) is 55.1 Å². The number of carbonyl (C=O) groups is 1. The maximum absolute atomic E-state index is 13.1. The molecule has 0 fully saturated rings. The molecule has 0 saturated heterocycles. The van der Waals surface area contributed by atoms with Gasteiger partial charge in [-0.1, -0.05) is 0 Å². The fourth-order valence-electron chi connectivity index (χ4n) is 1.50. The molecule has 1 aromatic heterocycles. The van der Waals surface area contributed by atoms with Crippen LogP contribution in [-0.2, 0) is 0 Å². The number of benzene rings is 1. The monoisotopic (exact) mass is 256 g/mol. The van der Waals surface area contributed by atoms with Gasteiger partial charge >= 0.3 is 5.97 Å². The molecule has 94 valence electrons. The quantitative estimate of drug-likeness (QED) is 0.839. The predicted octanol–water partition coefficient (Wildman–Crippen LogP) is 2.30. The zero-order chi connectivity index (χ0) is 13.4. The molecule has 2 rings (SSSR count). The van der Waals surface area contributed by atoms with Crippen LogP contribution in [0.3, 0.4) is 0 Å². The van der Waals surface area contributed by atoms with Crippen LogP contribution >= 0.6 is 0 Å². The number of hydrogen-bond acceptors (Lipinski definition) is 2. The van der Waals surface area contributed by atoms with Gasteiger partial charge in [-0.3, -0.25) is 0 Å². The van der Waals surface area contributed by atoms with E-state index in [1.807, 2.05) is 0 Å². The normalized spacial score (nSPS) is 10.7. The molecule has 18 heavy (non-hydrogen) atoms. The highest BCUT2D eigenvalue weighted by atomic mass is 19.2. The average Bonchev–Trinajstić information content (AvgIpc) is 2.68. The summed E-state index contributed by atoms with van der Waals surface area (Å²) in [6.07, 6.45) is 0. The lowest BCUT2D eigenvalue weighted by molar-refractivity contribution is 0.0690. The highest BCUT2D eigenvalue weighted by molar-refractivity contribution is 5.85. The summed E-state index contributed by atoms with van der Waals surface area (Å²) in [6.45, 7) is 1.51. The Morgan fingerprint density at radius 3 is 2.22 bits per heavy atom. The van der Waals surface area contributed by atoms with E-state index in [9.17, 15) is 18.0 Å². The lowest BCUT2D eigenvalue weighted by Gasteiger charge is -2.05. The van der Waals surface area contributed by atoms with Crippen molar-refractivity contribution >= 4 is 5.97 Å². The molecule has 7 heteroatoms. The Bertz CT molecular complexity index is 614. The third-order valence-corrected chi connectivity index (χ3v) is 2.32. The standard InChI is InChI=1S/C11H7F3N2O2/c1-5-2-9(11(17)18)15-16(5)6-3-7(12)10(14)8(13)4-6/h2-4H,1H3,(H,17,18). The molecule has 1 aromatic carbocycles. The van der Waals surface area contributed by atoms with Crippen molar-refractivity contribution in [1.29, 1.82) is 0 Å². The van der Waals surface area contributed by atoms with Gasteiger partial charge in [-0.05, 0) is 13.0 Å². The number of hydrogen-bond donors (Lipinski definition) is 1. The number of carboxylic acid groups (broad SMARTS) is 1. The molecule has 0 aliphatic heterocycles. The highest BCUT2D eigenvalue weighted by Crippen LogP contribution is 2.18. The molecule has 4 nitrogen and oxygen atoms in total. The van der Waals surface area contributed by atoms with Crippen molar-refractivity contribution in [2.75, 3.05) is 0 Å². The first kappa shape index (κ1) is 12.2. The molecule has 2 aromatic rings. The molecule has 1 N–H and O–H groups in total. The fraction of sp³-hybridized carbons (Fsp3) is 0.0909. The van der Waals surface area contributed by atoms with Crippen molar-refractivity contribution in [3.8, 4) is 5.69 Å². The zero-order valence-corrected chi connectivity index (χ0v) is 9.12. The van der Waals surface area contributed by atoms with E-state index in [1.54, 1.807) is 0 Å². The predicted molar refractivity (Wildman–Crippen MR) is 55.1 cm³/mol. The van der Waals surface area contributed by atoms with Crippen molar-refractivity contribution < 1.29 is 23.1 Å². The number of rotatable bonds is 2. The van der Waals surface area contributed by atoms with E-state index in [-0.39, 0.29) is 11.4 Å². The van der Waals surface area contributed by atoms with Gasteiger partial charge in [0.2, 0.25) is 0 Å². The van der Waals surface area contributed by atoms with Gasteiger partial charge in [0.1, 0.15) is 0 Å². The van der Waals surface area contributed by atoms with E-state index < -0.39 is 23.4 Å². The molecular weight excluding hydrogens is 249 g/mol. The van der Waals surface area contributed by atoms with Crippen LogP contribution in [0, 0.1) is 24.4 Å². The number of aromatic nitrogens is 2. The van der Waals surface area contributed by atoms with Gasteiger partial charge in [0.25, 0.3) is 0 Å². The molecule has 0 radical (unpaired) electrons. The third-order valence-electron chi connectivity index (χ3n) is 2.32. The summed E-state index contributed by atoms with van der Waals surface area (Å²) in [7, 11) is 0. The Morgan fingerprint density at radius 1 is 1.22 bits per heavy atom. The first-order valence-corrected chi connectivity index (χ1v) is 4.85. The molecule has 0 unspecified atom stereocenters. The second-order valence-corrected chi connectivity index (χ2v) is 3.61. The van der Waals surface area contributed by atoms with Crippen LogP contribution in [0.1, 0.15) is 16.2 Å². The van der Waals surface area contributed by atoms with Gasteiger partial charge in [-0.25, -0.2) is 22.6 Å². The maximum Gasteiger partial charge on any atom is 0.356 e. The van der Waals surface area contributed by atoms with E-state index in [0.29, 0.717) is 5.69 Å².